The highest BCUT2D eigenvalue weighted by Gasteiger charge is 2.11. The van der Waals surface area contributed by atoms with Crippen LogP contribution in [0.5, 0.6) is 11.5 Å². The van der Waals surface area contributed by atoms with Gasteiger partial charge in [-0.15, -0.1) is 22.7 Å². The maximum atomic E-state index is 11.8. The van der Waals surface area contributed by atoms with Crippen LogP contribution in [0.25, 0.3) is 33.0 Å². The SMILES string of the molecule is CC(=O)c1ccc(-c2ccc(OCCN)c(Cl)c2)s1.CC(=O)c1ccc(-c2ccc(OCCNC(=O)/C=C/c3cccnn3)c(Cl)c2)s1.O=C(O)/C=C/c1cccnn1. The number of hydrogen-bond donors (Lipinski definition) is 3. The van der Waals surface area contributed by atoms with Gasteiger partial charge in [0.2, 0.25) is 5.91 Å². The normalized spacial score (nSPS) is 10.6. The lowest BCUT2D eigenvalue weighted by Crippen LogP contribution is -2.26. The van der Waals surface area contributed by atoms with E-state index in [2.05, 4.69) is 25.7 Å². The van der Waals surface area contributed by atoms with Crippen molar-refractivity contribution in [3.05, 3.63) is 141 Å². The number of carboxylic acids is 1. The van der Waals surface area contributed by atoms with Crippen molar-refractivity contribution in [3.8, 4) is 32.4 Å². The van der Waals surface area contributed by atoms with Crippen LogP contribution >= 0.6 is 45.9 Å². The van der Waals surface area contributed by atoms with Crippen LogP contribution in [0.2, 0.25) is 10.0 Å². The number of benzene rings is 2. The Morgan fingerprint density at radius 3 is 1.61 bits per heavy atom. The second kappa shape index (κ2) is 24.0. The van der Waals surface area contributed by atoms with E-state index >= 15 is 0 Å². The second-order valence-electron chi connectivity index (χ2n) is 11.8. The number of ketones is 2. The van der Waals surface area contributed by atoms with E-state index in [1.807, 2.05) is 48.5 Å². The fraction of sp³-hybridized carbons (Fsp3) is 0.143. The number of carboxylic acid groups (broad SMARTS) is 1. The molecule has 6 aromatic rings. The number of aliphatic carboxylic acids is 1. The molecule has 2 aromatic carbocycles. The van der Waals surface area contributed by atoms with Crippen molar-refractivity contribution in [2.45, 2.75) is 13.8 Å². The van der Waals surface area contributed by atoms with E-state index in [0.717, 1.165) is 31.8 Å². The molecule has 6 rings (SSSR count). The molecule has 13 nitrogen and oxygen atoms in total. The van der Waals surface area contributed by atoms with Crippen LogP contribution in [0.1, 0.15) is 44.6 Å². The van der Waals surface area contributed by atoms with Crippen LogP contribution < -0.4 is 20.5 Å². The topological polar surface area (TPSA) is 197 Å². The summed E-state index contributed by atoms with van der Waals surface area (Å²) < 4.78 is 11.1. The number of nitrogens with two attached hydrogens (primary N) is 1. The van der Waals surface area contributed by atoms with Gasteiger partial charge in [0.25, 0.3) is 0 Å². The Balaban J connectivity index is 0.000000219. The first kappa shape index (κ1) is 45.6. The highest BCUT2D eigenvalue weighted by molar-refractivity contribution is 7.17. The minimum absolute atomic E-state index is 0.0425. The molecule has 0 aliphatic carbocycles. The molecular weight excluding hydrogens is 836 g/mol. The minimum Gasteiger partial charge on any atom is -0.491 e. The summed E-state index contributed by atoms with van der Waals surface area (Å²) in [5.41, 5.74) is 8.41. The number of thiophene rings is 2. The number of rotatable bonds is 15. The number of nitrogens with one attached hydrogen (secondary N) is 1. The number of amides is 1. The maximum Gasteiger partial charge on any atom is 0.328 e. The van der Waals surface area contributed by atoms with Crippen LogP contribution in [-0.2, 0) is 9.59 Å². The van der Waals surface area contributed by atoms with Gasteiger partial charge in [-0.25, -0.2) is 4.79 Å². The zero-order chi connectivity index (χ0) is 42.6. The number of carbonyl (C=O) groups excluding carboxylic acids is 3. The van der Waals surface area contributed by atoms with E-state index in [1.54, 1.807) is 62.5 Å². The Labute approximate surface area is 358 Å². The summed E-state index contributed by atoms with van der Waals surface area (Å²) in [6.45, 7) is 4.60. The predicted octanol–water partition coefficient (Wildman–Crippen LogP) is 8.45. The number of halogens is 2. The van der Waals surface area contributed by atoms with Crippen LogP contribution in [-0.4, -0.2) is 75.2 Å². The molecule has 4 heterocycles. The molecule has 0 radical (unpaired) electrons. The Hall–Kier alpha value is -6.10. The number of nitrogens with zero attached hydrogens (tertiary/aromatic N) is 4. The Kier molecular flexibility index (Phi) is 18.5. The zero-order valence-electron chi connectivity index (χ0n) is 31.7. The smallest absolute Gasteiger partial charge is 0.328 e. The summed E-state index contributed by atoms with van der Waals surface area (Å²) >= 11 is 15.3. The fourth-order valence-corrected chi connectivity index (χ4v) is 6.86. The summed E-state index contributed by atoms with van der Waals surface area (Å²) in [5.74, 6) is 0.0313. The number of carbonyl (C=O) groups is 4. The number of ether oxygens (including phenoxy) is 2. The van der Waals surface area contributed by atoms with Crippen molar-refractivity contribution in [2.75, 3.05) is 26.3 Å². The molecule has 0 atom stereocenters. The largest absolute Gasteiger partial charge is 0.491 e. The van der Waals surface area contributed by atoms with E-state index in [9.17, 15) is 19.2 Å². The third kappa shape index (κ3) is 15.6. The molecule has 0 saturated carbocycles. The standard InChI is InChI=1S/C21H18ClN3O3S.C14H14ClNO2S.C7H6N2O2/c1-14(26)19-7-8-20(29-19)15-4-6-18(17(22)13-15)28-12-11-23-21(27)9-5-16-3-2-10-24-25-16;1-9(17)13-4-5-14(19-13)10-2-3-12(11(15)8-10)18-7-6-16;10-7(11)4-3-6-2-1-5-8-9-6/h2-10,13H,11-12H2,1H3,(H,23,27);2-5,8H,6-7,16H2,1H3;1-5H,(H,10,11)/b9-5+;;4-3+. The Morgan fingerprint density at radius 1 is 0.712 bits per heavy atom. The lowest BCUT2D eigenvalue weighted by atomic mass is 10.2. The summed E-state index contributed by atoms with van der Waals surface area (Å²) in [6.07, 6.45) is 8.47. The maximum absolute atomic E-state index is 11.8. The molecule has 4 aromatic heterocycles. The van der Waals surface area contributed by atoms with E-state index in [4.69, 9.17) is 43.5 Å². The minimum atomic E-state index is -0.990. The van der Waals surface area contributed by atoms with Crippen molar-refractivity contribution in [3.63, 3.8) is 0 Å². The summed E-state index contributed by atoms with van der Waals surface area (Å²) in [5, 5.41) is 26.8. The quantitative estimate of drug-likeness (QED) is 0.0507. The first-order valence-corrected chi connectivity index (χ1v) is 20.0. The molecule has 0 bridgehead atoms. The molecule has 0 spiro atoms. The summed E-state index contributed by atoms with van der Waals surface area (Å²) in [7, 11) is 0. The van der Waals surface area contributed by atoms with Gasteiger partial charge in [0.05, 0.1) is 37.7 Å². The third-order valence-electron chi connectivity index (χ3n) is 7.36. The van der Waals surface area contributed by atoms with Crippen LogP contribution in [0, 0.1) is 0 Å². The van der Waals surface area contributed by atoms with Crippen molar-refractivity contribution in [2.24, 2.45) is 5.73 Å². The van der Waals surface area contributed by atoms with Gasteiger partial charge in [0.1, 0.15) is 24.7 Å². The monoisotopic (exact) mass is 872 g/mol. The second-order valence-corrected chi connectivity index (χ2v) is 14.8. The molecule has 0 unspecified atom stereocenters. The Bertz CT molecular complexity index is 2390. The van der Waals surface area contributed by atoms with Crippen molar-refractivity contribution in [1.29, 1.82) is 0 Å². The van der Waals surface area contributed by atoms with Gasteiger partial charge in [0.15, 0.2) is 11.6 Å². The van der Waals surface area contributed by atoms with E-state index < -0.39 is 5.97 Å². The van der Waals surface area contributed by atoms with Crippen molar-refractivity contribution >= 4 is 81.5 Å². The lowest BCUT2D eigenvalue weighted by molar-refractivity contribution is -0.131. The van der Waals surface area contributed by atoms with Gasteiger partial charge in [-0.05, 0) is 122 Å². The molecule has 0 aliphatic heterocycles. The zero-order valence-corrected chi connectivity index (χ0v) is 34.9. The van der Waals surface area contributed by atoms with Crippen molar-refractivity contribution < 1.29 is 33.8 Å². The summed E-state index contributed by atoms with van der Waals surface area (Å²) in [4.78, 5) is 48.0. The molecule has 17 heteroatoms. The van der Waals surface area contributed by atoms with Crippen molar-refractivity contribution in [1.82, 2.24) is 25.7 Å². The first-order chi connectivity index (χ1) is 28.4. The highest BCUT2D eigenvalue weighted by Crippen LogP contribution is 2.35. The molecular formula is C42H38Cl2N6O7S2. The van der Waals surface area contributed by atoms with Crippen LogP contribution in [0.15, 0.2) is 109 Å². The number of aromatic nitrogens is 4. The molecule has 0 saturated heterocycles. The molecule has 304 valence electrons. The molecule has 0 fully saturated rings. The highest BCUT2D eigenvalue weighted by atomic mass is 35.5. The number of hydrogen-bond acceptors (Lipinski definition) is 13. The molecule has 4 N–H and O–H groups in total. The Morgan fingerprint density at radius 2 is 1.20 bits per heavy atom. The molecule has 1 amide bonds. The average Bonchev–Trinajstić information content (AvgIpc) is 3.94. The van der Waals surface area contributed by atoms with Gasteiger partial charge in [-0.3, -0.25) is 14.4 Å². The van der Waals surface area contributed by atoms with Gasteiger partial charge in [-0.1, -0.05) is 23.2 Å². The van der Waals surface area contributed by atoms with E-state index in [-0.39, 0.29) is 24.1 Å². The van der Waals surface area contributed by atoms with Gasteiger partial charge in [0, 0.05) is 40.8 Å². The molecule has 59 heavy (non-hydrogen) atoms. The van der Waals surface area contributed by atoms with E-state index in [1.165, 1.54) is 41.0 Å². The van der Waals surface area contributed by atoms with E-state index in [0.29, 0.717) is 57.5 Å². The lowest BCUT2D eigenvalue weighted by Gasteiger charge is -2.09. The van der Waals surface area contributed by atoms with Gasteiger partial charge in [-0.2, -0.15) is 20.4 Å². The fourth-order valence-electron chi connectivity index (χ4n) is 4.59. The third-order valence-corrected chi connectivity index (χ3v) is 10.4. The first-order valence-electron chi connectivity index (χ1n) is 17.6. The molecule has 0 aliphatic rings. The average molecular weight is 874 g/mol. The summed E-state index contributed by atoms with van der Waals surface area (Å²) in [6, 6.07) is 25.4. The number of Topliss-reactive ketones (excluding diaryl/α,β-unsaturated/α-hetero) is 2. The van der Waals surface area contributed by atoms with Gasteiger partial charge >= 0.3 is 5.97 Å². The van der Waals surface area contributed by atoms with Gasteiger partial charge < -0.3 is 25.6 Å². The predicted molar refractivity (Wildman–Crippen MR) is 232 cm³/mol. The van der Waals surface area contributed by atoms with Crippen LogP contribution in [0.3, 0.4) is 0 Å². The van der Waals surface area contributed by atoms with Crippen LogP contribution in [0.4, 0.5) is 0 Å².